The summed E-state index contributed by atoms with van der Waals surface area (Å²) in [6.07, 6.45) is 0.776. The van der Waals surface area contributed by atoms with Crippen molar-refractivity contribution in [1.82, 2.24) is 0 Å². The Bertz CT molecular complexity index is 634. The molecule has 1 amide bonds. The molecule has 0 saturated carbocycles. The van der Waals surface area contributed by atoms with Gasteiger partial charge >= 0.3 is 5.97 Å². The number of amides is 1. The van der Waals surface area contributed by atoms with Crippen LogP contribution in [0.2, 0.25) is 0 Å². The second-order valence-electron chi connectivity index (χ2n) is 4.57. The van der Waals surface area contributed by atoms with Crippen molar-refractivity contribution in [3.63, 3.8) is 0 Å². The van der Waals surface area contributed by atoms with E-state index in [1.165, 1.54) is 12.1 Å². The zero-order chi connectivity index (χ0) is 15.2. The minimum Gasteiger partial charge on any atom is -0.478 e. The maximum atomic E-state index is 12.0. The van der Waals surface area contributed by atoms with E-state index in [4.69, 9.17) is 10.8 Å². The third-order valence-electron chi connectivity index (χ3n) is 3.04. The Balaban J connectivity index is 2.05. The van der Waals surface area contributed by atoms with Crippen molar-refractivity contribution < 1.29 is 14.7 Å². The van der Waals surface area contributed by atoms with Crippen molar-refractivity contribution in [2.75, 3.05) is 11.9 Å². The summed E-state index contributed by atoms with van der Waals surface area (Å²) in [6.45, 7) is 0.571. The highest BCUT2D eigenvalue weighted by Gasteiger charge is 2.07. The Morgan fingerprint density at radius 1 is 0.952 bits per heavy atom. The lowest BCUT2D eigenvalue weighted by Gasteiger charge is -2.06. The van der Waals surface area contributed by atoms with Crippen LogP contribution in [0.3, 0.4) is 0 Å². The van der Waals surface area contributed by atoms with Crippen LogP contribution in [0.25, 0.3) is 0 Å². The van der Waals surface area contributed by atoms with Gasteiger partial charge in [0.2, 0.25) is 0 Å². The van der Waals surface area contributed by atoms with Gasteiger partial charge in [0, 0.05) is 11.3 Å². The van der Waals surface area contributed by atoms with E-state index < -0.39 is 5.97 Å². The van der Waals surface area contributed by atoms with Crippen LogP contribution in [0.1, 0.15) is 26.3 Å². The van der Waals surface area contributed by atoms with Gasteiger partial charge in [-0.2, -0.15) is 0 Å². The summed E-state index contributed by atoms with van der Waals surface area (Å²) in [7, 11) is 0. The fraction of sp³-hybridized carbons (Fsp3) is 0.125. The number of carboxylic acid groups (broad SMARTS) is 1. The predicted molar refractivity (Wildman–Crippen MR) is 80.6 cm³/mol. The second kappa shape index (κ2) is 6.67. The number of hydrogen-bond acceptors (Lipinski definition) is 3. The SMILES string of the molecule is NCCc1ccc(C(=O)Nc2ccc(C(=O)O)cc2)cc1. The standard InChI is InChI=1S/C16H16N2O3/c17-10-9-11-1-3-12(4-2-11)15(19)18-14-7-5-13(6-8-14)16(20)21/h1-8H,9-10,17H2,(H,18,19)(H,20,21). The number of hydrogen-bond donors (Lipinski definition) is 3. The van der Waals surface area contributed by atoms with E-state index in [0.29, 0.717) is 17.8 Å². The number of rotatable bonds is 5. The van der Waals surface area contributed by atoms with E-state index in [2.05, 4.69) is 5.32 Å². The van der Waals surface area contributed by atoms with Gasteiger partial charge in [-0.25, -0.2) is 4.79 Å². The van der Waals surface area contributed by atoms with Crippen molar-refractivity contribution in [3.8, 4) is 0 Å². The topological polar surface area (TPSA) is 92.4 Å². The van der Waals surface area contributed by atoms with E-state index in [1.807, 2.05) is 12.1 Å². The monoisotopic (exact) mass is 284 g/mol. The Labute approximate surface area is 122 Å². The van der Waals surface area contributed by atoms with Crippen LogP contribution in [0, 0.1) is 0 Å². The maximum Gasteiger partial charge on any atom is 0.335 e. The number of benzene rings is 2. The molecule has 2 rings (SSSR count). The minimum absolute atomic E-state index is 0.180. The van der Waals surface area contributed by atoms with Crippen LogP contribution in [0.5, 0.6) is 0 Å². The Kier molecular flexibility index (Phi) is 4.68. The van der Waals surface area contributed by atoms with E-state index in [1.54, 1.807) is 24.3 Å². The summed E-state index contributed by atoms with van der Waals surface area (Å²) in [5.41, 5.74) is 7.83. The van der Waals surface area contributed by atoms with Crippen LogP contribution in [-0.2, 0) is 6.42 Å². The van der Waals surface area contributed by atoms with Crippen LogP contribution >= 0.6 is 0 Å². The molecule has 108 valence electrons. The third-order valence-corrected chi connectivity index (χ3v) is 3.04. The number of carboxylic acids is 1. The summed E-state index contributed by atoms with van der Waals surface area (Å²) in [5, 5.41) is 11.5. The zero-order valence-electron chi connectivity index (χ0n) is 11.4. The van der Waals surface area contributed by atoms with Gasteiger partial charge in [-0.05, 0) is 54.9 Å². The molecule has 5 nitrogen and oxygen atoms in total. The summed E-state index contributed by atoms with van der Waals surface area (Å²) >= 11 is 0. The number of carbonyl (C=O) groups is 2. The van der Waals surface area contributed by atoms with Gasteiger partial charge in [-0.15, -0.1) is 0 Å². The van der Waals surface area contributed by atoms with Crippen LogP contribution in [0.4, 0.5) is 5.69 Å². The lowest BCUT2D eigenvalue weighted by Crippen LogP contribution is -2.12. The molecular weight excluding hydrogens is 268 g/mol. The molecule has 0 aliphatic heterocycles. The normalized spacial score (nSPS) is 10.1. The Hall–Kier alpha value is -2.66. The van der Waals surface area contributed by atoms with Crippen molar-refractivity contribution in [2.45, 2.75) is 6.42 Å². The minimum atomic E-state index is -0.997. The molecule has 0 aliphatic rings. The van der Waals surface area contributed by atoms with Crippen LogP contribution < -0.4 is 11.1 Å². The van der Waals surface area contributed by atoms with E-state index in [-0.39, 0.29) is 11.5 Å². The van der Waals surface area contributed by atoms with Crippen molar-refractivity contribution >= 4 is 17.6 Å². The Morgan fingerprint density at radius 3 is 2.05 bits per heavy atom. The summed E-state index contributed by atoms with van der Waals surface area (Å²) in [6, 6.07) is 13.2. The molecule has 2 aromatic rings. The van der Waals surface area contributed by atoms with Crippen molar-refractivity contribution in [1.29, 1.82) is 0 Å². The quantitative estimate of drug-likeness (QED) is 0.784. The van der Waals surface area contributed by atoms with Gasteiger partial charge < -0.3 is 16.2 Å². The number of carbonyl (C=O) groups excluding carboxylic acids is 1. The number of anilines is 1. The molecule has 0 unspecified atom stereocenters. The van der Waals surface area contributed by atoms with Gasteiger partial charge in [0.05, 0.1) is 5.56 Å². The maximum absolute atomic E-state index is 12.0. The molecule has 5 heteroatoms. The molecule has 0 heterocycles. The molecular formula is C16H16N2O3. The Morgan fingerprint density at radius 2 is 1.52 bits per heavy atom. The van der Waals surface area contributed by atoms with Gasteiger partial charge in [-0.3, -0.25) is 4.79 Å². The summed E-state index contributed by atoms with van der Waals surface area (Å²) in [5.74, 6) is -1.24. The molecule has 0 spiro atoms. The lowest BCUT2D eigenvalue weighted by molar-refractivity contribution is 0.0696. The van der Waals surface area contributed by atoms with Crippen LogP contribution in [0.15, 0.2) is 48.5 Å². The highest BCUT2D eigenvalue weighted by atomic mass is 16.4. The van der Waals surface area contributed by atoms with Gasteiger partial charge in [0.15, 0.2) is 0 Å². The van der Waals surface area contributed by atoms with Gasteiger partial charge in [0.1, 0.15) is 0 Å². The fourth-order valence-corrected chi connectivity index (χ4v) is 1.89. The number of aromatic carboxylic acids is 1. The van der Waals surface area contributed by atoms with E-state index >= 15 is 0 Å². The molecule has 0 bridgehead atoms. The van der Waals surface area contributed by atoms with Gasteiger partial charge in [0.25, 0.3) is 5.91 Å². The summed E-state index contributed by atoms with van der Waals surface area (Å²) < 4.78 is 0. The van der Waals surface area contributed by atoms with Gasteiger partial charge in [-0.1, -0.05) is 12.1 Å². The zero-order valence-corrected chi connectivity index (χ0v) is 11.4. The van der Waals surface area contributed by atoms with Crippen LogP contribution in [-0.4, -0.2) is 23.5 Å². The first-order valence-electron chi connectivity index (χ1n) is 6.54. The average Bonchev–Trinajstić information content (AvgIpc) is 2.49. The molecule has 0 atom stereocenters. The highest BCUT2D eigenvalue weighted by Crippen LogP contribution is 2.12. The molecule has 0 fully saturated rings. The number of nitrogens with one attached hydrogen (secondary N) is 1. The largest absolute Gasteiger partial charge is 0.478 e. The second-order valence-corrected chi connectivity index (χ2v) is 4.57. The fourth-order valence-electron chi connectivity index (χ4n) is 1.89. The molecule has 21 heavy (non-hydrogen) atoms. The van der Waals surface area contributed by atoms with E-state index in [9.17, 15) is 9.59 Å². The lowest BCUT2D eigenvalue weighted by atomic mass is 10.1. The summed E-state index contributed by atoms with van der Waals surface area (Å²) in [4.78, 5) is 22.8. The molecule has 0 radical (unpaired) electrons. The predicted octanol–water partition coefficient (Wildman–Crippen LogP) is 2.14. The number of nitrogens with two attached hydrogens (primary N) is 1. The average molecular weight is 284 g/mol. The van der Waals surface area contributed by atoms with E-state index in [0.717, 1.165) is 12.0 Å². The first-order chi connectivity index (χ1) is 10.1. The molecule has 0 saturated heterocycles. The molecule has 4 N–H and O–H groups in total. The van der Waals surface area contributed by atoms with Crippen molar-refractivity contribution in [2.24, 2.45) is 5.73 Å². The molecule has 0 aliphatic carbocycles. The first kappa shape index (κ1) is 14.7. The molecule has 2 aromatic carbocycles. The first-order valence-corrected chi connectivity index (χ1v) is 6.54. The molecule has 0 aromatic heterocycles. The smallest absolute Gasteiger partial charge is 0.335 e. The third kappa shape index (κ3) is 3.90. The van der Waals surface area contributed by atoms with Crippen molar-refractivity contribution in [3.05, 3.63) is 65.2 Å². The highest BCUT2D eigenvalue weighted by molar-refractivity contribution is 6.04.